The zero-order valence-corrected chi connectivity index (χ0v) is 85.8. The molecule has 16 aliphatic carbocycles. The maximum atomic E-state index is 13.7. The van der Waals surface area contributed by atoms with Gasteiger partial charge in [0.2, 0.25) is 0 Å². The molecule has 32 atom stereocenters. The van der Waals surface area contributed by atoms with Crippen LogP contribution in [0.2, 0.25) is 5.02 Å². The fraction of sp³-hybridized carbons (Fsp3) is 0.750. The van der Waals surface area contributed by atoms with E-state index in [0.717, 1.165) is 194 Å². The molecular formula is C116H162ClN11O8. The number of hydrogen-bond donors (Lipinski definition) is 4. The highest BCUT2D eigenvalue weighted by molar-refractivity contribution is 6.31. The first-order valence-corrected chi connectivity index (χ1v) is 54.8. The lowest BCUT2D eigenvalue weighted by atomic mass is 9.44. The molecule has 4 heterocycles. The summed E-state index contributed by atoms with van der Waals surface area (Å²) in [6.07, 6.45) is 42.9. The molecule has 4 N–H and O–H groups in total. The minimum Gasteiger partial charge on any atom is -0.390 e. The lowest BCUT2D eigenvalue weighted by Gasteiger charge is -2.61. The Morgan fingerprint density at radius 1 is 0.316 bits per heavy atom. The first kappa shape index (κ1) is 95.5. The van der Waals surface area contributed by atoms with Crippen LogP contribution in [0.3, 0.4) is 0 Å². The van der Waals surface area contributed by atoms with Crippen molar-refractivity contribution in [2.45, 2.75) is 384 Å². The zero-order chi connectivity index (χ0) is 95.5. The predicted octanol–water partition coefficient (Wildman–Crippen LogP) is 23.8. The van der Waals surface area contributed by atoms with Gasteiger partial charge in [-0.15, -0.1) is 10.2 Å². The second-order valence-corrected chi connectivity index (χ2v) is 53.1. The molecule has 4 aromatic heterocycles. The molecule has 136 heavy (non-hydrogen) atoms. The second-order valence-electron chi connectivity index (χ2n) is 52.7. The van der Waals surface area contributed by atoms with Crippen molar-refractivity contribution in [3.05, 3.63) is 101 Å². The highest BCUT2D eigenvalue weighted by Crippen LogP contribution is 2.74. The quantitative estimate of drug-likeness (QED) is 0.0886. The van der Waals surface area contributed by atoms with Crippen molar-refractivity contribution in [1.29, 1.82) is 0 Å². The van der Waals surface area contributed by atoms with Crippen LogP contribution in [0.15, 0.2) is 79.1 Å². The number of halogens is 1. The first-order valence-electron chi connectivity index (χ1n) is 54.4. The Morgan fingerprint density at radius 2 is 0.625 bits per heavy atom. The van der Waals surface area contributed by atoms with E-state index in [9.17, 15) is 39.6 Å². The Morgan fingerprint density at radius 3 is 0.985 bits per heavy atom. The van der Waals surface area contributed by atoms with Crippen LogP contribution < -0.4 is 0 Å². The summed E-state index contributed by atoms with van der Waals surface area (Å²) in [4.78, 5) is 60.8. The van der Waals surface area contributed by atoms with E-state index in [4.69, 9.17) is 11.6 Å². The van der Waals surface area contributed by atoms with Crippen molar-refractivity contribution in [3.8, 4) is 0 Å². The lowest BCUT2D eigenvalue weighted by molar-refractivity contribution is -0.151. The molecule has 4 aromatic carbocycles. The van der Waals surface area contributed by atoms with Crippen LogP contribution in [0, 0.1) is 182 Å². The largest absolute Gasteiger partial charge is 0.390 e. The van der Waals surface area contributed by atoms with Crippen LogP contribution in [0.25, 0.3) is 44.1 Å². The molecule has 0 unspecified atom stereocenters. The molecule has 16 aliphatic rings. The third-order valence-corrected chi connectivity index (χ3v) is 45.3. The number of fused-ring (bicyclic) bond motifs is 24. The Kier molecular flexibility index (Phi) is 24.3. The van der Waals surface area contributed by atoms with Crippen LogP contribution in [-0.4, -0.2) is 120 Å². The number of carbonyl (C=O) groups is 4. The Hall–Kier alpha value is -6.64. The lowest BCUT2D eigenvalue weighted by Crippen LogP contribution is -2.55. The van der Waals surface area contributed by atoms with Gasteiger partial charge in [0, 0.05) is 28.7 Å². The maximum absolute atomic E-state index is 13.7. The number of nitrogens with zero attached hydrogens (tertiary/aromatic N) is 11. The van der Waals surface area contributed by atoms with Crippen molar-refractivity contribution in [3.63, 3.8) is 0 Å². The highest BCUT2D eigenvalue weighted by atomic mass is 35.5. The fourth-order valence-electron chi connectivity index (χ4n) is 37.6. The van der Waals surface area contributed by atoms with Gasteiger partial charge in [-0.05, 0) is 489 Å². The molecule has 0 amide bonds. The molecule has 0 radical (unpaired) electrons. The molecule has 0 spiro atoms. The molecule has 24 rings (SSSR count). The molecule has 19 nitrogen and oxygen atoms in total. The number of rotatable bonds is 12. The van der Waals surface area contributed by atoms with Crippen LogP contribution in [0.5, 0.6) is 0 Å². The van der Waals surface area contributed by atoms with Crippen molar-refractivity contribution >= 4 is 78.9 Å². The number of aromatic nitrogens is 11. The van der Waals surface area contributed by atoms with Crippen molar-refractivity contribution < 1.29 is 39.6 Å². The summed E-state index contributed by atoms with van der Waals surface area (Å²) in [6.45, 7) is 35.6. The SMILES string of the molecule is C[C@@]1(O)CC[C@@]2(C)[C@H](CC[C@@H]3[C@@H]2CC[C@]2(C)[C@@H](C(=O)Cn4cnc5ccc(Cl)cc54)CC[C@@H]32)C1.Cc1ccc2c(c1)nnn2CC(=O)[C@H]1CC[C@H]2[C@@H]3CC[C@@H]4C[C@](C)(O)CC[C@]4(C)[C@H]3CC[C@]12C.Cc1ccc2c(c1)nnn2CC(=O)[C@H]1CC[C@H]2[C@@H]3CC[C@@H]4C[C@](C)(O)CC[C@]4(C)[C@H]3CC[C@]12C.Cc1ccc2nn(CC(=O)[C@H]3CC[C@H]4[C@@H]5CC[C@@H]6C[C@](C)(O)CC[C@]6(C)[C@H]5CC[C@]34C)nc2c1. The normalized spacial score (nSPS) is 43.9. The summed E-state index contributed by atoms with van der Waals surface area (Å²) in [6, 6.07) is 24.1. The van der Waals surface area contributed by atoms with E-state index in [0.29, 0.717) is 123 Å². The Bertz CT molecular complexity index is 5710. The van der Waals surface area contributed by atoms with Crippen molar-refractivity contribution in [2.24, 2.45) is 162 Å². The van der Waals surface area contributed by atoms with Gasteiger partial charge in [0.05, 0.1) is 57.3 Å². The topological polar surface area (TPSA) is 259 Å². The van der Waals surface area contributed by atoms with Crippen molar-refractivity contribution in [1.82, 2.24) is 54.5 Å². The van der Waals surface area contributed by atoms with Gasteiger partial charge in [-0.3, -0.25) is 19.2 Å². The summed E-state index contributed by atoms with van der Waals surface area (Å²) in [7, 11) is 0. The molecule has 0 saturated heterocycles. The summed E-state index contributed by atoms with van der Waals surface area (Å²) in [5.74, 6) is 13.3. The second kappa shape index (κ2) is 34.6. The van der Waals surface area contributed by atoms with Gasteiger partial charge in [-0.2, -0.15) is 15.0 Å². The van der Waals surface area contributed by atoms with Crippen molar-refractivity contribution in [2.75, 3.05) is 0 Å². The van der Waals surface area contributed by atoms with E-state index >= 15 is 0 Å². The molecule has 0 aliphatic heterocycles. The van der Waals surface area contributed by atoms with E-state index in [1.165, 1.54) is 145 Å². The van der Waals surface area contributed by atoms with E-state index in [-0.39, 0.29) is 45.3 Å². The van der Waals surface area contributed by atoms with Gasteiger partial charge >= 0.3 is 0 Å². The zero-order valence-electron chi connectivity index (χ0n) is 85.1. The third kappa shape index (κ3) is 16.4. The van der Waals surface area contributed by atoms with Crippen LogP contribution >= 0.6 is 11.6 Å². The minimum atomic E-state index is -0.479. The van der Waals surface area contributed by atoms with Crippen LogP contribution in [-0.2, 0) is 45.4 Å². The van der Waals surface area contributed by atoms with Gasteiger partial charge in [0.1, 0.15) is 41.7 Å². The molecular weight excluding hydrogens is 1710 g/mol. The fourth-order valence-corrected chi connectivity index (χ4v) is 37.7. The number of Topliss-reactive ketones (excluding diaryl/α,β-unsaturated/α-hetero) is 4. The number of aryl methyl sites for hydroxylation is 3. The minimum absolute atomic E-state index is 0.116. The van der Waals surface area contributed by atoms with Gasteiger partial charge in [-0.1, -0.05) is 95.6 Å². The molecule has 20 heteroatoms. The van der Waals surface area contributed by atoms with Gasteiger partial charge in [-0.25, -0.2) is 14.3 Å². The van der Waals surface area contributed by atoms with E-state index in [1.807, 2.05) is 102 Å². The third-order valence-electron chi connectivity index (χ3n) is 45.1. The Labute approximate surface area is 814 Å². The van der Waals surface area contributed by atoms with Gasteiger partial charge in [0.15, 0.2) is 23.1 Å². The first-order chi connectivity index (χ1) is 64.4. The highest BCUT2D eigenvalue weighted by Gasteiger charge is 2.68. The van der Waals surface area contributed by atoms with Crippen LogP contribution in [0.1, 0.15) is 331 Å². The number of benzene rings is 4. The maximum Gasteiger partial charge on any atom is 0.159 e. The average Bonchev–Trinajstić information content (AvgIpc) is 1.44. The molecule has 16 fully saturated rings. The Balaban J connectivity index is 0.000000108. The van der Waals surface area contributed by atoms with Crippen LogP contribution in [0.4, 0.5) is 0 Å². The van der Waals surface area contributed by atoms with E-state index < -0.39 is 22.4 Å². The summed E-state index contributed by atoms with van der Waals surface area (Å²) < 4.78 is 5.63. The standard InChI is InChI=1S/C29H39ClN2O2.3C29H41N3O2/c1-27(34)12-13-28(2)18(15-27)4-6-20-21-7-8-23(29(21,3)11-10-22(20)28)26(33)16-32-17-31-24-9-5-19(30)14-25(24)32;2*1-18-5-10-25-24(15-18)30-31-32(25)17-26(33)23-9-8-21-20-7-6-19-16-27(2,34)13-14-28(19,3)22(20)11-12-29(21,23)4;1-18-5-10-24-25(15-18)31-32(30-24)17-26(33)23-9-8-21-20-7-6-19-16-27(2,34)13-14-28(19,3)22(20)11-12-29(21,23)4/h5,9,14,17-18,20-23,34H,4,6-8,10-13,15-16H2,1-3H3;3*5,10,15,19-23,34H,6-9,11-14,16-17H2,1-4H3/t18-,20+,21+,22+,23-,27-,28+,29+;3*19-,20+,21+,22+,23-,27-,28+,29+/m1111/s1. The summed E-state index contributed by atoms with van der Waals surface area (Å²) >= 11 is 6.22. The number of aliphatic hydroxyl groups is 4. The number of ketones is 4. The number of imidazole rings is 1. The predicted molar refractivity (Wildman–Crippen MR) is 535 cm³/mol. The summed E-state index contributed by atoms with van der Waals surface area (Å²) in [5.41, 5.74) is 10.8. The van der Waals surface area contributed by atoms with E-state index in [2.05, 4.69) is 124 Å². The molecule has 736 valence electrons. The van der Waals surface area contributed by atoms with Gasteiger partial charge < -0.3 is 25.0 Å². The number of carbonyl (C=O) groups excluding carboxylic acids is 4. The van der Waals surface area contributed by atoms with Gasteiger partial charge in [0.25, 0.3) is 0 Å². The molecule has 0 bridgehead atoms. The van der Waals surface area contributed by atoms with E-state index in [1.54, 1.807) is 11.1 Å². The molecule has 8 aromatic rings. The monoisotopic (exact) mass is 1870 g/mol. The number of hydrogen-bond acceptors (Lipinski definition) is 15. The smallest absolute Gasteiger partial charge is 0.159 e. The summed E-state index contributed by atoms with van der Waals surface area (Å²) in [5, 5.41) is 70.1. The molecule has 16 saturated carbocycles. The average molecular weight is 1870 g/mol.